The smallest absolute Gasteiger partial charge is 0.132 e. The zero-order chi connectivity index (χ0) is 9.68. The van der Waals surface area contributed by atoms with E-state index in [2.05, 4.69) is 0 Å². The first-order valence-electron chi connectivity index (χ1n) is 3.61. The van der Waals surface area contributed by atoms with Crippen molar-refractivity contribution in [2.45, 2.75) is 4.90 Å². The van der Waals surface area contributed by atoms with Crippen LogP contribution in [0, 0.1) is 17.1 Å². The molecule has 0 N–H and O–H groups in total. The van der Waals surface area contributed by atoms with Crippen LogP contribution in [0.2, 0.25) is 0 Å². The molecule has 0 unspecified atom stereocenters. The topological polar surface area (TPSA) is 33.0 Å². The highest BCUT2D eigenvalue weighted by Gasteiger charge is 2.04. The van der Waals surface area contributed by atoms with Gasteiger partial charge in [0.05, 0.1) is 23.8 Å². The van der Waals surface area contributed by atoms with E-state index in [0.717, 1.165) is 0 Å². The lowest BCUT2D eigenvalue weighted by Gasteiger charge is -2.05. The molecule has 0 saturated carbocycles. The number of hydrogen-bond donors (Lipinski definition) is 0. The van der Waals surface area contributed by atoms with Crippen LogP contribution in [0.4, 0.5) is 4.39 Å². The Morgan fingerprint density at radius 2 is 2.38 bits per heavy atom. The molecule has 1 aromatic carbocycles. The molecule has 2 nitrogen and oxygen atoms in total. The third kappa shape index (κ3) is 2.63. The van der Waals surface area contributed by atoms with Gasteiger partial charge in [-0.2, -0.15) is 5.26 Å². The predicted molar refractivity (Wildman–Crippen MR) is 49.3 cm³/mol. The Bertz CT molecular complexity index is 335. The molecule has 0 aliphatic rings. The summed E-state index contributed by atoms with van der Waals surface area (Å²) in [5.74, 6) is 0.572. The summed E-state index contributed by atoms with van der Waals surface area (Å²) in [4.78, 5) is 0.657. The highest BCUT2D eigenvalue weighted by molar-refractivity contribution is 7.99. The van der Waals surface area contributed by atoms with Crippen molar-refractivity contribution in [1.82, 2.24) is 0 Å². The maximum atomic E-state index is 12.8. The van der Waals surface area contributed by atoms with E-state index in [9.17, 15) is 4.39 Å². The Morgan fingerprint density at radius 3 is 3.00 bits per heavy atom. The molecule has 1 rings (SSSR count). The zero-order valence-corrected chi connectivity index (χ0v) is 7.90. The summed E-state index contributed by atoms with van der Waals surface area (Å²) in [7, 11) is 1.52. The van der Waals surface area contributed by atoms with Crippen LogP contribution in [0.15, 0.2) is 23.1 Å². The quantitative estimate of drug-likeness (QED) is 0.698. The van der Waals surface area contributed by atoms with Gasteiger partial charge in [-0.15, -0.1) is 11.8 Å². The van der Waals surface area contributed by atoms with Gasteiger partial charge in [0.15, 0.2) is 0 Å². The molecule has 0 saturated heterocycles. The van der Waals surface area contributed by atoms with E-state index in [0.29, 0.717) is 16.4 Å². The van der Waals surface area contributed by atoms with Crippen molar-refractivity contribution in [3.05, 3.63) is 24.0 Å². The van der Waals surface area contributed by atoms with E-state index in [4.69, 9.17) is 10.00 Å². The highest BCUT2D eigenvalue weighted by Crippen LogP contribution is 2.29. The van der Waals surface area contributed by atoms with Crippen molar-refractivity contribution in [1.29, 1.82) is 5.26 Å². The molecule has 0 atom stereocenters. The molecule has 1 aromatic rings. The van der Waals surface area contributed by atoms with Crippen molar-refractivity contribution in [2.24, 2.45) is 0 Å². The van der Waals surface area contributed by atoms with Gasteiger partial charge in [-0.3, -0.25) is 0 Å². The van der Waals surface area contributed by atoms with E-state index in [-0.39, 0.29) is 5.82 Å². The van der Waals surface area contributed by atoms with Crippen LogP contribution in [0.5, 0.6) is 5.75 Å². The van der Waals surface area contributed by atoms with Crippen molar-refractivity contribution < 1.29 is 9.13 Å². The number of nitrogens with zero attached hydrogens (tertiary/aromatic N) is 1. The number of nitriles is 1. The van der Waals surface area contributed by atoms with E-state index in [1.54, 1.807) is 6.07 Å². The second-order valence-electron chi connectivity index (χ2n) is 2.24. The Labute approximate surface area is 80.3 Å². The Kier molecular flexibility index (Phi) is 3.59. The van der Waals surface area contributed by atoms with Crippen molar-refractivity contribution >= 4 is 11.8 Å². The summed E-state index contributed by atoms with van der Waals surface area (Å²) in [5.41, 5.74) is 0. The van der Waals surface area contributed by atoms with Gasteiger partial charge in [0.2, 0.25) is 0 Å². The number of methoxy groups -OCH3 is 1. The summed E-state index contributed by atoms with van der Waals surface area (Å²) < 4.78 is 17.8. The molecular formula is C9H8FNOS. The minimum Gasteiger partial charge on any atom is -0.496 e. The molecule has 0 aliphatic carbocycles. The molecule has 0 heterocycles. The average molecular weight is 197 g/mol. The first-order valence-corrected chi connectivity index (χ1v) is 4.59. The van der Waals surface area contributed by atoms with E-state index < -0.39 is 0 Å². The van der Waals surface area contributed by atoms with Gasteiger partial charge >= 0.3 is 0 Å². The lowest BCUT2D eigenvalue weighted by Crippen LogP contribution is -1.87. The molecule has 0 bridgehead atoms. The molecule has 0 aromatic heterocycles. The Balaban J connectivity index is 2.89. The van der Waals surface area contributed by atoms with Gasteiger partial charge < -0.3 is 4.74 Å². The van der Waals surface area contributed by atoms with Crippen LogP contribution in [0.1, 0.15) is 0 Å². The predicted octanol–water partition coefficient (Wildman–Crippen LogP) is 2.45. The molecule has 0 radical (unpaired) electrons. The summed E-state index contributed by atoms with van der Waals surface area (Å²) in [5, 5.41) is 8.36. The second kappa shape index (κ2) is 4.73. The molecule has 68 valence electrons. The monoisotopic (exact) mass is 197 g/mol. The van der Waals surface area contributed by atoms with Crippen LogP contribution < -0.4 is 4.74 Å². The molecule has 0 fully saturated rings. The SMILES string of the molecule is COc1ccc(F)cc1SCC#N. The maximum Gasteiger partial charge on any atom is 0.132 e. The molecule has 4 heteroatoms. The molecule has 0 spiro atoms. The minimum atomic E-state index is -0.318. The van der Waals surface area contributed by atoms with E-state index in [1.807, 2.05) is 6.07 Å². The van der Waals surface area contributed by atoms with Gasteiger partial charge in [-0.25, -0.2) is 4.39 Å². The lowest BCUT2D eigenvalue weighted by molar-refractivity contribution is 0.403. The first-order chi connectivity index (χ1) is 6.27. The number of halogens is 1. The van der Waals surface area contributed by atoms with Gasteiger partial charge in [-0.1, -0.05) is 0 Å². The average Bonchev–Trinajstić information content (AvgIpc) is 2.15. The fourth-order valence-corrected chi connectivity index (χ4v) is 1.58. The standard InChI is InChI=1S/C9H8FNOS/c1-12-8-3-2-7(10)6-9(8)13-5-4-11/h2-3,6H,5H2,1H3. The minimum absolute atomic E-state index is 0.291. The fraction of sp³-hybridized carbons (Fsp3) is 0.222. The van der Waals surface area contributed by atoms with Gasteiger partial charge in [0, 0.05) is 0 Å². The number of ether oxygens (including phenoxy) is 1. The van der Waals surface area contributed by atoms with Gasteiger partial charge in [-0.05, 0) is 18.2 Å². The van der Waals surface area contributed by atoms with Crippen LogP contribution in [-0.2, 0) is 0 Å². The number of rotatable bonds is 3. The highest BCUT2D eigenvalue weighted by atomic mass is 32.2. The number of thioether (sulfide) groups is 1. The van der Waals surface area contributed by atoms with Crippen LogP contribution in [0.3, 0.4) is 0 Å². The zero-order valence-electron chi connectivity index (χ0n) is 7.08. The van der Waals surface area contributed by atoms with Gasteiger partial charge in [0.1, 0.15) is 11.6 Å². The van der Waals surface area contributed by atoms with Crippen molar-refractivity contribution in [2.75, 3.05) is 12.9 Å². The summed E-state index contributed by atoms with van der Waals surface area (Å²) in [6.07, 6.45) is 0. The molecule has 13 heavy (non-hydrogen) atoms. The lowest BCUT2D eigenvalue weighted by atomic mass is 10.3. The van der Waals surface area contributed by atoms with Crippen LogP contribution in [-0.4, -0.2) is 12.9 Å². The van der Waals surface area contributed by atoms with Crippen molar-refractivity contribution in [3.8, 4) is 11.8 Å². The Hall–Kier alpha value is -1.21. The molecule has 0 amide bonds. The maximum absolute atomic E-state index is 12.8. The summed E-state index contributed by atoms with van der Waals surface area (Å²) in [6.45, 7) is 0. The third-order valence-corrected chi connectivity index (χ3v) is 2.32. The first kappa shape index (κ1) is 9.87. The normalized spacial score (nSPS) is 9.31. The largest absolute Gasteiger partial charge is 0.496 e. The number of hydrogen-bond acceptors (Lipinski definition) is 3. The molecule has 0 aliphatic heterocycles. The van der Waals surface area contributed by atoms with E-state index >= 15 is 0 Å². The van der Waals surface area contributed by atoms with Crippen LogP contribution >= 0.6 is 11.8 Å². The molecular weight excluding hydrogens is 189 g/mol. The van der Waals surface area contributed by atoms with E-state index in [1.165, 1.54) is 31.0 Å². The Morgan fingerprint density at radius 1 is 1.62 bits per heavy atom. The third-order valence-electron chi connectivity index (χ3n) is 1.42. The summed E-state index contributed by atoms with van der Waals surface area (Å²) >= 11 is 1.26. The second-order valence-corrected chi connectivity index (χ2v) is 3.26. The van der Waals surface area contributed by atoms with Gasteiger partial charge in [0.25, 0.3) is 0 Å². The van der Waals surface area contributed by atoms with Crippen molar-refractivity contribution in [3.63, 3.8) is 0 Å². The summed E-state index contributed by atoms with van der Waals surface area (Å²) in [6, 6.07) is 6.21. The number of benzene rings is 1. The fourth-order valence-electron chi connectivity index (χ4n) is 0.873. The van der Waals surface area contributed by atoms with Crippen LogP contribution in [0.25, 0.3) is 0 Å².